The van der Waals surface area contributed by atoms with Gasteiger partial charge in [0, 0.05) is 5.54 Å². The van der Waals surface area contributed by atoms with Crippen molar-refractivity contribution in [1.82, 2.24) is 5.06 Å². The van der Waals surface area contributed by atoms with Crippen molar-refractivity contribution in [2.45, 2.75) is 49.3 Å². The molecule has 0 N–H and O–H groups in total. The largest absolute Gasteiger partial charge is 0.217 e. The van der Waals surface area contributed by atoms with Gasteiger partial charge >= 0.3 is 0 Å². The van der Waals surface area contributed by atoms with E-state index in [9.17, 15) is 22.0 Å². The minimum Gasteiger partial charge on any atom is -0.217 e. The molecular weight excluding hydrogens is 487 g/mol. The molecular formula is C22H28NO5S4. The second-order valence-corrected chi connectivity index (χ2v) is 17.1. The summed E-state index contributed by atoms with van der Waals surface area (Å²) in [7, 11) is -4.81. The van der Waals surface area contributed by atoms with Gasteiger partial charge in [-0.15, -0.1) is 10.3 Å². The van der Waals surface area contributed by atoms with Crippen molar-refractivity contribution in [1.29, 1.82) is 0 Å². The molecule has 0 atom stereocenters. The van der Waals surface area contributed by atoms with Gasteiger partial charge in [-0.05, 0) is 83.0 Å². The molecule has 0 aliphatic carbocycles. The van der Waals surface area contributed by atoms with Crippen LogP contribution in [0.1, 0.15) is 48.9 Å². The Morgan fingerprint density at radius 1 is 0.750 bits per heavy atom. The van der Waals surface area contributed by atoms with E-state index in [1.54, 1.807) is 36.8 Å². The Hall–Kier alpha value is -1.04. The molecule has 1 aliphatic heterocycles. The molecule has 10 heteroatoms. The van der Waals surface area contributed by atoms with Gasteiger partial charge in [-0.1, -0.05) is 48.5 Å². The van der Waals surface area contributed by atoms with Crippen LogP contribution in [0.15, 0.2) is 48.5 Å². The van der Waals surface area contributed by atoms with Gasteiger partial charge in [-0.2, -0.15) is 0 Å². The van der Waals surface area contributed by atoms with Crippen LogP contribution in [-0.2, 0) is 40.0 Å². The number of nitrogens with zero attached hydrogens (tertiary/aromatic N) is 1. The average Bonchev–Trinajstić information content (AvgIpc) is 2.99. The van der Waals surface area contributed by atoms with Crippen LogP contribution >= 0.6 is 21.6 Å². The third-order valence-electron chi connectivity index (χ3n) is 6.05. The van der Waals surface area contributed by atoms with Crippen molar-refractivity contribution in [2.24, 2.45) is 0 Å². The van der Waals surface area contributed by atoms with Gasteiger partial charge in [0.25, 0.3) is 0 Å². The molecule has 0 amide bonds. The molecule has 175 valence electrons. The highest BCUT2D eigenvalue weighted by Crippen LogP contribution is 2.50. The summed E-state index contributed by atoms with van der Waals surface area (Å²) in [6, 6.07) is 14.4. The number of hydrogen-bond donors (Lipinski definition) is 0. The third kappa shape index (κ3) is 5.20. The lowest BCUT2D eigenvalue weighted by Crippen LogP contribution is -2.47. The number of benzene rings is 2. The van der Waals surface area contributed by atoms with Crippen molar-refractivity contribution in [3.63, 3.8) is 0 Å². The molecule has 32 heavy (non-hydrogen) atoms. The zero-order chi connectivity index (χ0) is 23.8. The summed E-state index contributed by atoms with van der Waals surface area (Å²) in [5, 5.41) is 14.7. The highest BCUT2D eigenvalue weighted by Gasteiger charge is 2.53. The van der Waals surface area contributed by atoms with E-state index in [0.717, 1.165) is 37.8 Å². The van der Waals surface area contributed by atoms with Gasteiger partial charge in [0.1, 0.15) is 0 Å². The Morgan fingerprint density at radius 2 is 1.12 bits per heavy atom. The standard InChI is InChI=1S/C22H28NO5S4/c1-21(2)13-14-22(23(21)24,19-9-5-17(6-10-19)15-31(25,26)29-3)20-11-7-18(8-12-20)16-32(27,28)30-4/h5-12H,13-16H2,1-4H3. The van der Waals surface area contributed by atoms with Crippen LogP contribution in [0.4, 0.5) is 0 Å². The minimum atomic E-state index is -3.23. The topological polar surface area (TPSA) is 91.4 Å². The molecule has 0 aromatic heterocycles. The zero-order valence-corrected chi connectivity index (χ0v) is 21.8. The van der Waals surface area contributed by atoms with E-state index < -0.39 is 28.8 Å². The molecule has 1 fully saturated rings. The second kappa shape index (κ2) is 9.31. The van der Waals surface area contributed by atoms with E-state index in [2.05, 4.69) is 0 Å². The van der Waals surface area contributed by atoms with Gasteiger partial charge in [0.05, 0.1) is 17.0 Å². The van der Waals surface area contributed by atoms with Crippen LogP contribution in [0.3, 0.4) is 0 Å². The summed E-state index contributed by atoms with van der Waals surface area (Å²) in [4.78, 5) is 0. The number of hydroxylamine groups is 2. The Morgan fingerprint density at radius 3 is 1.41 bits per heavy atom. The first-order chi connectivity index (χ1) is 14.9. The summed E-state index contributed by atoms with van der Waals surface area (Å²) in [6.07, 6.45) is 4.39. The monoisotopic (exact) mass is 514 g/mol. The maximum absolute atomic E-state index is 13.6. The van der Waals surface area contributed by atoms with Crippen LogP contribution in [0, 0.1) is 0 Å². The third-order valence-corrected chi connectivity index (χ3v) is 12.2. The van der Waals surface area contributed by atoms with Crippen molar-refractivity contribution < 1.29 is 22.0 Å². The maximum Gasteiger partial charge on any atom is 0.205 e. The van der Waals surface area contributed by atoms with Crippen LogP contribution in [-0.4, -0.2) is 39.9 Å². The first-order valence-corrected chi connectivity index (χ1v) is 16.9. The first kappa shape index (κ1) is 25.6. The maximum atomic E-state index is 13.6. The van der Waals surface area contributed by atoms with Crippen LogP contribution in [0.5, 0.6) is 0 Å². The number of rotatable bonds is 8. The summed E-state index contributed by atoms with van der Waals surface area (Å²) in [5.74, 6) is -0.126. The summed E-state index contributed by atoms with van der Waals surface area (Å²) < 4.78 is 47.8. The SMILES string of the molecule is CSS(=O)(=O)Cc1ccc(C2(c3ccc(CS(=O)(=O)SC)cc3)CCC(C)(C)N2[O])cc1. The minimum absolute atomic E-state index is 0.0629. The number of hydrogen-bond acceptors (Lipinski definition) is 7. The lowest BCUT2D eigenvalue weighted by Gasteiger charge is -2.38. The van der Waals surface area contributed by atoms with Crippen molar-refractivity contribution in [3.8, 4) is 0 Å². The Bertz CT molecular complexity index is 1080. The summed E-state index contributed by atoms with van der Waals surface area (Å²) >= 11 is 0. The summed E-state index contributed by atoms with van der Waals surface area (Å²) in [5.41, 5.74) is 1.45. The van der Waals surface area contributed by atoms with Crippen LogP contribution in [0.25, 0.3) is 0 Å². The molecule has 1 heterocycles. The van der Waals surface area contributed by atoms with Crippen LogP contribution in [0.2, 0.25) is 0 Å². The van der Waals surface area contributed by atoms with Crippen molar-refractivity contribution in [3.05, 3.63) is 70.8 Å². The lowest BCUT2D eigenvalue weighted by atomic mass is 9.81. The van der Waals surface area contributed by atoms with E-state index in [1.165, 1.54) is 0 Å². The highest BCUT2D eigenvalue weighted by molar-refractivity contribution is 8.71. The molecule has 2 aromatic carbocycles. The first-order valence-electron chi connectivity index (χ1n) is 10.1. The molecule has 0 spiro atoms. The van der Waals surface area contributed by atoms with Crippen molar-refractivity contribution in [2.75, 3.05) is 12.5 Å². The van der Waals surface area contributed by atoms with E-state index in [4.69, 9.17) is 0 Å². The van der Waals surface area contributed by atoms with Crippen LogP contribution < -0.4 is 0 Å². The van der Waals surface area contributed by atoms with E-state index in [-0.39, 0.29) is 11.5 Å². The molecule has 0 unspecified atom stereocenters. The Balaban J connectivity index is 2.02. The van der Waals surface area contributed by atoms with Gasteiger partial charge < -0.3 is 0 Å². The van der Waals surface area contributed by atoms with Gasteiger partial charge in [-0.3, -0.25) is 0 Å². The Kier molecular flexibility index (Phi) is 7.44. The summed E-state index contributed by atoms with van der Waals surface area (Å²) in [6.45, 7) is 3.83. The van der Waals surface area contributed by atoms with Gasteiger partial charge in [-0.25, -0.2) is 16.8 Å². The van der Waals surface area contributed by atoms with Gasteiger partial charge in [0.15, 0.2) is 0 Å². The fourth-order valence-corrected chi connectivity index (χ4v) is 7.14. The molecule has 6 nitrogen and oxygen atoms in total. The normalized spacial score (nSPS) is 18.7. The molecule has 0 saturated carbocycles. The predicted octanol–water partition coefficient (Wildman–Crippen LogP) is 4.54. The fraction of sp³-hybridized carbons (Fsp3) is 0.455. The quantitative estimate of drug-likeness (QED) is 0.478. The fourth-order valence-electron chi connectivity index (χ4n) is 4.18. The Labute approximate surface area is 198 Å². The molecule has 1 radical (unpaired) electrons. The van der Waals surface area contributed by atoms with E-state index in [1.807, 2.05) is 38.1 Å². The second-order valence-electron chi connectivity index (χ2n) is 8.60. The molecule has 3 rings (SSSR count). The molecule has 1 aliphatic rings. The highest BCUT2D eigenvalue weighted by atomic mass is 33.1. The predicted molar refractivity (Wildman–Crippen MR) is 132 cm³/mol. The van der Waals surface area contributed by atoms with E-state index >= 15 is 0 Å². The van der Waals surface area contributed by atoms with Crippen molar-refractivity contribution >= 4 is 39.3 Å². The lowest BCUT2D eigenvalue weighted by molar-refractivity contribution is -0.246. The zero-order valence-electron chi connectivity index (χ0n) is 18.6. The average molecular weight is 515 g/mol. The smallest absolute Gasteiger partial charge is 0.205 e. The van der Waals surface area contributed by atoms with Gasteiger partial charge in [0.2, 0.25) is 17.7 Å². The molecule has 0 bridgehead atoms. The molecule has 2 aromatic rings. The van der Waals surface area contributed by atoms with E-state index in [0.29, 0.717) is 24.0 Å². The molecule has 1 saturated heterocycles.